The molecule has 0 aromatic carbocycles. The first kappa shape index (κ1) is 9.25. The molecule has 0 aromatic rings. The molecule has 0 heterocycles. The summed E-state index contributed by atoms with van der Waals surface area (Å²) in [5.74, 6) is 0. The molecule has 0 spiro atoms. The fourth-order valence-electron chi connectivity index (χ4n) is 1.43. The van der Waals surface area contributed by atoms with E-state index in [1.54, 1.807) is 0 Å². The fraction of sp³-hybridized carbons (Fsp3) is 1.00. The van der Waals surface area contributed by atoms with Gasteiger partial charge in [0.2, 0.25) is 0 Å². The van der Waals surface area contributed by atoms with E-state index < -0.39 is 0 Å². The van der Waals surface area contributed by atoms with Crippen molar-refractivity contribution >= 4 is 12.4 Å². The minimum Gasteiger partial charge on any atom is -0.325 e. The van der Waals surface area contributed by atoms with Crippen LogP contribution in [0.15, 0.2) is 0 Å². The SMILES string of the molecule is CCC1(N)CCCC1.Cl. The highest BCUT2D eigenvalue weighted by atomic mass is 35.5. The van der Waals surface area contributed by atoms with Crippen molar-refractivity contribution in [2.24, 2.45) is 5.73 Å². The number of rotatable bonds is 1. The van der Waals surface area contributed by atoms with Gasteiger partial charge in [0.1, 0.15) is 0 Å². The third kappa shape index (κ3) is 2.15. The van der Waals surface area contributed by atoms with Gasteiger partial charge in [0.25, 0.3) is 0 Å². The molecule has 1 nitrogen and oxygen atoms in total. The van der Waals surface area contributed by atoms with E-state index >= 15 is 0 Å². The molecule has 0 atom stereocenters. The van der Waals surface area contributed by atoms with Crippen LogP contribution in [-0.2, 0) is 0 Å². The molecule has 2 heteroatoms. The number of hydrogen-bond donors (Lipinski definition) is 1. The monoisotopic (exact) mass is 149 g/mol. The smallest absolute Gasteiger partial charge is 0.0151 e. The third-order valence-electron chi connectivity index (χ3n) is 2.30. The summed E-state index contributed by atoms with van der Waals surface area (Å²) < 4.78 is 0. The molecule has 56 valence electrons. The predicted molar refractivity (Wildman–Crippen MR) is 42.9 cm³/mol. The van der Waals surface area contributed by atoms with Crippen LogP contribution in [0.5, 0.6) is 0 Å². The third-order valence-corrected chi connectivity index (χ3v) is 2.30. The second kappa shape index (κ2) is 3.43. The predicted octanol–water partition coefficient (Wildman–Crippen LogP) is 2.09. The zero-order chi connectivity index (χ0) is 6.04. The van der Waals surface area contributed by atoms with Crippen LogP contribution < -0.4 is 5.73 Å². The highest BCUT2D eigenvalue weighted by Gasteiger charge is 2.26. The Bertz CT molecular complexity index is 77.0. The van der Waals surface area contributed by atoms with Crippen molar-refractivity contribution in [3.05, 3.63) is 0 Å². The van der Waals surface area contributed by atoms with Crippen molar-refractivity contribution in [3.8, 4) is 0 Å². The Labute approximate surface area is 63.4 Å². The minimum atomic E-state index is 0. The molecule has 0 aromatic heterocycles. The van der Waals surface area contributed by atoms with Crippen LogP contribution in [0.25, 0.3) is 0 Å². The molecule has 0 aliphatic heterocycles. The molecule has 1 saturated carbocycles. The molecule has 1 rings (SSSR count). The summed E-state index contributed by atoms with van der Waals surface area (Å²) in [6, 6.07) is 0. The normalized spacial score (nSPS) is 23.3. The molecule has 0 amide bonds. The average Bonchev–Trinajstić information content (AvgIpc) is 2.17. The lowest BCUT2D eigenvalue weighted by Crippen LogP contribution is -2.34. The number of nitrogens with two attached hydrogens (primary N) is 1. The first-order valence-electron chi connectivity index (χ1n) is 3.56. The quantitative estimate of drug-likeness (QED) is 0.607. The van der Waals surface area contributed by atoms with Gasteiger partial charge in [-0.3, -0.25) is 0 Å². The summed E-state index contributed by atoms with van der Waals surface area (Å²) in [6.45, 7) is 2.19. The average molecular weight is 150 g/mol. The Hall–Kier alpha value is 0.250. The van der Waals surface area contributed by atoms with Crippen LogP contribution in [0.1, 0.15) is 39.0 Å². The number of hydrogen-bond acceptors (Lipinski definition) is 1. The highest BCUT2D eigenvalue weighted by molar-refractivity contribution is 5.85. The summed E-state index contributed by atoms with van der Waals surface area (Å²) in [4.78, 5) is 0. The van der Waals surface area contributed by atoms with Gasteiger partial charge in [-0.15, -0.1) is 12.4 Å². The Morgan fingerprint density at radius 1 is 1.33 bits per heavy atom. The van der Waals surface area contributed by atoms with Crippen molar-refractivity contribution in [1.29, 1.82) is 0 Å². The Morgan fingerprint density at radius 2 is 1.78 bits per heavy atom. The number of halogens is 1. The van der Waals surface area contributed by atoms with Crippen molar-refractivity contribution in [1.82, 2.24) is 0 Å². The largest absolute Gasteiger partial charge is 0.325 e. The van der Waals surface area contributed by atoms with Crippen molar-refractivity contribution in [2.45, 2.75) is 44.6 Å². The first-order chi connectivity index (χ1) is 3.77. The molecule has 0 unspecified atom stereocenters. The van der Waals surface area contributed by atoms with E-state index in [0.717, 1.165) is 6.42 Å². The molecule has 1 fully saturated rings. The Kier molecular flexibility index (Phi) is 3.52. The summed E-state index contributed by atoms with van der Waals surface area (Å²) in [6.07, 6.45) is 6.37. The van der Waals surface area contributed by atoms with E-state index in [4.69, 9.17) is 5.73 Å². The molecular weight excluding hydrogens is 134 g/mol. The van der Waals surface area contributed by atoms with E-state index in [1.807, 2.05) is 0 Å². The summed E-state index contributed by atoms with van der Waals surface area (Å²) in [5, 5.41) is 0. The molecule has 0 saturated heterocycles. The second-order valence-corrected chi connectivity index (χ2v) is 2.92. The van der Waals surface area contributed by atoms with Crippen molar-refractivity contribution in [3.63, 3.8) is 0 Å². The lowest BCUT2D eigenvalue weighted by atomic mass is 9.96. The van der Waals surface area contributed by atoms with E-state index in [-0.39, 0.29) is 17.9 Å². The lowest BCUT2D eigenvalue weighted by molar-refractivity contribution is 0.424. The zero-order valence-electron chi connectivity index (χ0n) is 6.02. The van der Waals surface area contributed by atoms with Gasteiger partial charge in [-0.25, -0.2) is 0 Å². The van der Waals surface area contributed by atoms with Gasteiger partial charge < -0.3 is 5.73 Å². The van der Waals surface area contributed by atoms with Crippen LogP contribution in [0.2, 0.25) is 0 Å². The standard InChI is InChI=1S/C7H15N.ClH/c1-2-7(8)5-3-4-6-7;/h2-6,8H2,1H3;1H. The van der Waals surface area contributed by atoms with Crippen molar-refractivity contribution < 1.29 is 0 Å². The van der Waals surface area contributed by atoms with Gasteiger partial charge in [-0.2, -0.15) is 0 Å². The highest BCUT2D eigenvalue weighted by Crippen LogP contribution is 2.29. The second-order valence-electron chi connectivity index (χ2n) is 2.92. The first-order valence-corrected chi connectivity index (χ1v) is 3.56. The van der Waals surface area contributed by atoms with E-state index in [0.29, 0.717) is 0 Å². The van der Waals surface area contributed by atoms with E-state index in [1.165, 1.54) is 25.7 Å². The summed E-state index contributed by atoms with van der Waals surface area (Å²) in [7, 11) is 0. The van der Waals surface area contributed by atoms with Gasteiger partial charge in [-0.05, 0) is 19.3 Å². The summed E-state index contributed by atoms with van der Waals surface area (Å²) in [5.41, 5.74) is 6.19. The van der Waals surface area contributed by atoms with Crippen LogP contribution >= 0.6 is 12.4 Å². The zero-order valence-corrected chi connectivity index (χ0v) is 6.84. The summed E-state index contributed by atoms with van der Waals surface area (Å²) >= 11 is 0. The fourth-order valence-corrected chi connectivity index (χ4v) is 1.43. The molecule has 0 radical (unpaired) electrons. The maximum Gasteiger partial charge on any atom is 0.0151 e. The maximum atomic E-state index is 5.96. The molecule has 9 heavy (non-hydrogen) atoms. The van der Waals surface area contributed by atoms with Gasteiger partial charge in [-0.1, -0.05) is 19.8 Å². The topological polar surface area (TPSA) is 26.0 Å². The molecule has 1 aliphatic rings. The lowest BCUT2D eigenvalue weighted by Gasteiger charge is -2.19. The molecular formula is C7H16ClN. The molecule has 0 bridgehead atoms. The van der Waals surface area contributed by atoms with Crippen LogP contribution in [0, 0.1) is 0 Å². The van der Waals surface area contributed by atoms with Crippen molar-refractivity contribution in [2.75, 3.05) is 0 Å². The van der Waals surface area contributed by atoms with Crippen LogP contribution in [0.3, 0.4) is 0 Å². The molecule has 1 aliphatic carbocycles. The minimum absolute atomic E-state index is 0. The van der Waals surface area contributed by atoms with Gasteiger partial charge in [0.15, 0.2) is 0 Å². The maximum absolute atomic E-state index is 5.96. The van der Waals surface area contributed by atoms with E-state index in [9.17, 15) is 0 Å². The van der Waals surface area contributed by atoms with Crippen LogP contribution in [0.4, 0.5) is 0 Å². The van der Waals surface area contributed by atoms with Crippen LogP contribution in [-0.4, -0.2) is 5.54 Å². The van der Waals surface area contributed by atoms with Gasteiger partial charge >= 0.3 is 0 Å². The van der Waals surface area contributed by atoms with Gasteiger partial charge in [0, 0.05) is 5.54 Å². The van der Waals surface area contributed by atoms with E-state index in [2.05, 4.69) is 6.92 Å². The Morgan fingerprint density at radius 3 is 2.00 bits per heavy atom. The molecule has 2 N–H and O–H groups in total. The Balaban J connectivity index is 0.000000640. The van der Waals surface area contributed by atoms with Gasteiger partial charge in [0.05, 0.1) is 0 Å².